The lowest BCUT2D eigenvalue weighted by Gasteiger charge is -2.21. The number of carboxylic acid groups (broad SMARTS) is 1. The summed E-state index contributed by atoms with van der Waals surface area (Å²) >= 11 is 0. The van der Waals surface area contributed by atoms with Crippen LogP contribution in [-0.4, -0.2) is 52.0 Å². The van der Waals surface area contributed by atoms with Crippen LogP contribution in [0.25, 0.3) is 0 Å². The molecule has 0 aliphatic carbocycles. The molecule has 1 aliphatic heterocycles. The molecule has 1 aromatic carbocycles. The minimum Gasteiger partial charge on any atom is -0.507 e. The standard InChI is InChI=1S/C16H20N2O5/c1-10-4-5-11(13(19)9-10)15(21)17-7-6-14(20)18-8-2-3-12(18)16(22)23/h4-5,9,12,19H,2-3,6-8H2,1H3,(H,17,21)(H,22,23)/t12-/m0/s1. The van der Waals surface area contributed by atoms with Crippen LogP contribution < -0.4 is 5.32 Å². The highest BCUT2D eigenvalue weighted by Gasteiger charge is 2.33. The summed E-state index contributed by atoms with van der Waals surface area (Å²) in [5.74, 6) is -1.86. The quantitative estimate of drug-likeness (QED) is 0.747. The third-order valence-electron chi connectivity index (χ3n) is 3.88. The minimum atomic E-state index is -0.996. The number of amides is 2. The fraction of sp³-hybridized carbons (Fsp3) is 0.438. The van der Waals surface area contributed by atoms with Crippen molar-refractivity contribution in [1.29, 1.82) is 0 Å². The predicted octanol–water partition coefficient (Wildman–Crippen LogP) is 0.896. The molecular formula is C16H20N2O5. The maximum Gasteiger partial charge on any atom is 0.326 e. The van der Waals surface area contributed by atoms with Crippen LogP contribution in [0.4, 0.5) is 0 Å². The molecule has 23 heavy (non-hydrogen) atoms. The molecule has 0 bridgehead atoms. The van der Waals surface area contributed by atoms with Crippen LogP contribution in [-0.2, 0) is 9.59 Å². The summed E-state index contributed by atoms with van der Waals surface area (Å²) in [4.78, 5) is 36.4. The Hall–Kier alpha value is -2.57. The molecule has 7 heteroatoms. The highest BCUT2D eigenvalue weighted by atomic mass is 16.4. The number of hydrogen-bond acceptors (Lipinski definition) is 4. The summed E-state index contributed by atoms with van der Waals surface area (Å²) in [5.41, 5.74) is 0.982. The van der Waals surface area contributed by atoms with E-state index >= 15 is 0 Å². The maximum absolute atomic E-state index is 12.1. The maximum atomic E-state index is 12.1. The number of likely N-dealkylation sites (tertiary alicyclic amines) is 1. The monoisotopic (exact) mass is 320 g/mol. The Morgan fingerprint density at radius 1 is 1.35 bits per heavy atom. The van der Waals surface area contributed by atoms with E-state index in [4.69, 9.17) is 5.11 Å². The third kappa shape index (κ3) is 4.00. The van der Waals surface area contributed by atoms with E-state index in [-0.39, 0.29) is 30.2 Å². The van der Waals surface area contributed by atoms with Crippen molar-refractivity contribution in [2.75, 3.05) is 13.1 Å². The van der Waals surface area contributed by atoms with E-state index in [1.165, 1.54) is 17.0 Å². The number of aromatic hydroxyl groups is 1. The van der Waals surface area contributed by atoms with Gasteiger partial charge < -0.3 is 20.4 Å². The van der Waals surface area contributed by atoms with Gasteiger partial charge in [-0.25, -0.2) is 4.79 Å². The largest absolute Gasteiger partial charge is 0.507 e. The molecule has 0 saturated carbocycles. The number of benzene rings is 1. The first-order valence-electron chi connectivity index (χ1n) is 7.50. The van der Waals surface area contributed by atoms with Crippen molar-refractivity contribution in [2.45, 2.75) is 32.2 Å². The second-order valence-electron chi connectivity index (χ2n) is 5.61. The van der Waals surface area contributed by atoms with Crippen molar-refractivity contribution in [3.05, 3.63) is 29.3 Å². The molecule has 1 atom stereocenters. The average molecular weight is 320 g/mol. The molecule has 2 rings (SSSR count). The molecule has 0 spiro atoms. The Morgan fingerprint density at radius 2 is 2.09 bits per heavy atom. The van der Waals surface area contributed by atoms with Crippen LogP contribution in [0.3, 0.4) is 0 Å². The van der Waals surface area contributed by atoms with E-state index in [0.717, 1.165) is 5.56 Å². The lowest BCUT2D eigenvalue weighted by molar-refractivity contribution is -0.148. The summed E-state index contributed by atoms with van der Waals surface area (Å²) in [7, 11) is 0. The molecule has 124 valence electrons. The Labute approximate surface area is 133 Å². The van der Waals surface area contributed by atoms with Gasteiger partial charge in [0.15, 0.2) is 0 Å². The number of hydrogen-bond donors (Lipinski definition) is 3. The molecule has 1 aliphatic rings. The average Bonchev–Trinajstić information content (AvgIpc) is 2.96. The zero-order chi connectivity index (χ0) is 17.0. The number of nitrogens with zero attached hydrogens (tertiary/aromatic N) is 1. The fourth-order valence-corrected chi connectivity index (χ4v) is 2.68. The zero-order valence-corrected chi connectivity index (χ0v) is 12.9. The number of nitrogens with one attached hydrogen (secondary N) is 1. The number of rotatable bonds is 5. The van der Waals surface area contributed by atoms with Gasteiger partial charge in [-0.15, -0.1) is 0 Å². The summed E-state index contributed by atoms with van der Waals surface area (Å²) < 4.78 is 0. The Bertz CT molecular complexity index is 629. The van der Waals surface area contributed by atoms with Crippen LogP contribution in [0.5, 0.6) is 5.75 Å². The van der Waals surface area contributed by atoms with E-state index in [9.17, 15) is 19.5 Å². The number of aliphatic carboxylic acids is 1. The molecule has 1 aromatic rings. The third-order valence-corrected chi connectivity index (χ3v) is 3.88. The zero-order valence-electron chi connectivity index (χ0n) is 12.9. The smallest absolute Gasteiger partial charge is 0.326 e. The number of phenolic OH excluding ortho intramolecular Hbond substituents is 1. The van der Waals surface area contributed by atoms with Gasteiger partial charge in [-0.05, 0) is 37.5 Å². The van der Waals surface area contributed by atoms with Gasteiger partial charge in [0.05, 0.1) is 5.56 Å². The van der Waals surface area contributed by atoms with Crippen molar-refractivity contribution >= 4 is 17.8 Å². The number of carbonyl (C=O) groups is 3. The predicted molar refractivity (Wildman–Crippen MR) is 82.2 cm³/mol. The second kappa shape index (κ2) is 7.13. The summed E-state index contributed by atoms with van der Waals surface area (Å²) in [6, 6.07) is 3.95. The van der Waals surface area contributed by atoms with Gasteiger partial charge in [0.1, 0.15) is 11.8 Å². The topological polar surface area (TPSA) is 107 Å². The Kier molecular flexibility index (Phi) is 5.20. The first-order chi connectivity index (χ1) is 10.9. The molecule has 2 amide bonds. The van der Waals surface area contributed by atoms with Crippen molar-refractivity contribution in [2.24, 2.45) is 0 Å². The van der Waals surface area contributed by atoms with Gasteiger partial charge in [-0.3, -0.25) is 9.59 Å². The molecule has 1 fully saturated rings. The molecule has 1 heterocycles. The first kappa shape index (κ1) is 16.8. The van der Waals surface area contributed by atoms with Crippen molar-refractivity contribution < 1.29 is 24.6 Å². The molecule has 1 saturated heterocycles. The summed E-state index contributed by atoms with van der Waals surface area (Å²) in [5, 5.41) is 21.4. The normalized spacial score (nSPS) is 17.1. The van der Waals surface area contributed by atoms with Crippen molar-refractivity contribution in [3.8, 4) is 5.75 Å². The summed E-state index contributed by atoms with van der Waals surface area (Å²) in [6.07, 6.45) is 1.17. The summed E-state index contributed by atoms with van der Waals surface area (Å²) in [6.45, 7) is 2.32. The SMILES string of the molecule is Cc1ccc(C(=O)NCCC(=O)N2CCC[C@H]2C(=O)O)c(O)c1. The molecule has 0 unspecified atom stereocenters. The highest BCUT2D eigenvalue weighted by molar-refractivity contribution is 5.97. The van der Waals surface area contributed by atoms with Gasteiger partial charge >= 0.3 is 5.97 Å². The number of phenols is 1. The van der Waals surface area contributed by atoms with E-state index in [1.54, 1.807) is 13.0 Å². The van der Waals surface area contributed by atoms with Crippen molar-refractivity contribution in [1.82, 2.24) is 10.2 Å². The van der Waals surface area contributed by atoms with Crippen LogP contribution in [0.15, 0.2) is 18.2 Å². The molecule has 3 N–H and O–H groups in total. The first-order valence-corrected chi connectivity index (χ1v) is 7.50. The van der Waals surface area contributed by atoms with Gasteiger partial charge in [0.2, 0.25) is 5.91 Å². The number of carbonyl (C=O) groups excluding carboxylic acids is 2. The van der Waals surface area contributed by atoms with Gasteiger partial charge in [0, 0.05) is 19.5 Å². The Morgan fingerprint density at radius 3 is 2.74 bits per heavy atom. The van der Waals surface area contributed by atoms with Gasteiger partial charge in [-0.1, -0.05) is 6.07 Å². The van der Waals surface area contributed by atoms with E-state index in [0.29, 0.717) is 19.4 Å². The van der Waals surface area contributed by atoms with E-state index in [2.05, 4.69) is 5.32 Å². The van der Waals surface area contributed by atoms with Gasteiger partial charge in [0.25, 0.3) is 5.91 Å². The Balaban J connectivity index is 1.85. The number of carboxylic acids is 1. The fourth-order valence-electron chi connectivity index (χ4n) is 2.68. The molecule has 7 nitrogen and oxygen atoms in total. The highest BCUT2D eigenvalue weighted by Crippen LogP contribution is 2.19. The lowest BCUT2D eigenvalue weighted by Crippen LogP contribution is -2.41. The number of aryl methyl sites for hydroxylation is 1. The second-order valence-corrected chi connectivity index (χ2v) is 5.61. The minimum absolute atomic E-state index is 0.0299. The van der Waals surface area contributed by atoms with Crippen LogP contribution in [0.2, 0.25) is 0 Å². The van der Waals surface area contributed by atoms with Crippen LogP contribution in [0.1, 0.15) is 35.2 Å². The molecule has 0 aromatic heterocycles. The molecular weight excluding hydrogens is 300 g/mol. The van der Waals surface area contributed by atoms with Crippen LogP contribution >= 0.6 is 0 Å². The van der Waals surface area contributed by atoms with Crippen molar-refractivity contribution in [3.63, 3.8) is 0 Å². The van der Waals surface area contributed by atoms with E-state index in [1.807, 2.05) is 0 Å². The molecule has 0 radical (unpaired) electrons. The van der Waals surface area contributed by atoms with Crippen LogP contribution in [0, 0.1) is 6.92 Å². The van der Waals surface area contributed by atoms with E-state index < -0.39 is 17.9 Å². The van der Waals surface area contributed by atoms with Gasteiger partial charge in [-0.2, -0.15) is 0 Å². The lowest BCUT2D eigenvalue weighted by atomic mass is 10.1.